The molecule has 2 heterocycles. The number of rotatable bonds is 5. The van der Waals surface area contributed by atoms with E-state index in [2.05, 4.69) is 4.98 Å². The summed E-state index contributed by atoms with van der Waals surface area (Å²) in [5, 5.41) is 0. The molecule has 0 N–H and O–H groups in total. The van der Waals surface area contributed by atoms with Gasteiger partial charge in [-0.15, -0.1) is 0 Å². The zero-order valence-corrected chi connectivity index (χ0v) is 16.6. The maximum absolute atomic E-state index is 13.3. The number of halogens is 1. The van der Waals surface area contributed by atoms with Crippen molar-refractivity contribution in [3.63, 3.8) is 0 Å². The van der Waals surface area contributed by atoms with Gasteiger partial charge in [-0.25, -0.2) is 9.18 Å². The van der Waals surface area contributed by atoms with E-state index < -0.39 is 11.2 Å². The Morgan fingerprint density at radius 1 is 0.967 bits per heavy atom. The van der Waals surface area contributed by atoms with Gasteiger partial charge in [-0.2, -0.15) is 4.98 Å². The standard InChI is InChI=1S/C21H19FN4O4/c1-24-18-17(19(27)25(2)21(24)28)26(12-13-8-10-14(22)11-9-13)20(23-18)30-16-7-5-4-6-15(16)29-3/h4-11H,12H2,1-3H3. The van der Waals surface area contributed by atoms with E-state index >= 15 is 0 Å². The van der Waals surface area contributed by atoms with Crippen LogP contribution in [0.3, 0.4) is 0 Å². The topological polar surface area (TPSA) is 80.3 Å². The van der Waals surface area contributed by atoms with Gasteiger partial charge >= 0.3 is 11.7 Å². The Bertz CT molecular complexity index is 1350. The van der Waals surface area contributed by atoms with E-state index in [1.165, 1.54) is 37.9 Å². The van der Waals surface area contributed by atoms with Gasteiger partial charge in [-0.1, -0.05) is 24.3 Å². The van der Waals surface area contributed by atoms with Crippen molar-refractivity contribution < 1.29 is 13.9 Å². The lowest BCUT2D eigenvalue weighted by atomic mass is 10.2. The van der Waals surface area contributed by atoms with Crippen molar-refractivity contribution in [2.24, 2.45) is 14.1 Å². The molecule has 4 rings (SSSR count). The number of fused-ring (bicyclic) bond motifs is 1. The van der Waals surface area contributed by atoms with Gasteiger partial charge in [0.1, 0.15) is 5.82 Å². The van der Waals surface area contributed by atoms with Gasteiger partial charge in [0, 0.05) is 14.1 Å². The van der Waals surface area contributed by atoms with Gasteiger partial charge < -0.3 is 9.47 Å². The van der Waals surface area contributed by atoms with Crippen LogP contribution in [0.15, 0.2) is 58.1 Å². The van der Waals surface area contributed by atoms with Crippen LogP contribution in [-0.2, 0) is 20.6 Å². The molecule has 0 saturated heterocycles. The Labute approximate surface area is 170 Å². The highest BCUT2D eigenvalue weighted by Gasteiger charge is 2.21. The van der Waals surface area contributed by atoms with Crippen LogP contribution in [0.2, 0.25) is 0 Å². The molecule has 0 radical (unpaired) electrons. The first kappa shape index (κ1) is 19.4. The van der Waals surface area contributed by atoms with Crippen LogP contribution >= 0.6 is 0 Å². The lowest BCUT2D eigenvalue weighted by Crippen LogP contribution is -2.37. The maximum atomic E-state index is 13.3. The molecule has 0 aliphatic rings. The van der Waals surface area contributed by atoms with Crippen LogP contribution in [0, 0.1) is 5.82 Å². The number of hydrogen-bond acceptors (Lipinski definition) is 5. The summed E-state index contributed by atoms with van der Waals surface area (Å²) >= 11 is 0. The highest BCUT2D eigenvalue weighted by Crippen LogP contribution is 2.32. The van der Waals surface area contributed by atoms with Crippen molar-refractivity contribution in [3.8, 4) is 17.5 Å². The fraction of sp³-hybridized carbons (Fsp3) is 0.190. The van der Waals surface area contributed by atoms with Crippen LogP contribution in [-0.4, -0.2) is 25.8 Å². The van der Waals surface area contributed by atoms with Crippen molar-refractivity contribution >= 4 is 11.2 Å². The predicted molar refractivity (Wildman–Crippen MR) is 109 cm³/mol. The molecule has 0 unspecified atom stereocenters. The third-order valence-corrected chi connectivity index (χ3v) is 4.84. The molecular weight excluding hydrogens is 391 g/mol. The van der Waals surface area contributed by atoms with Crippen molar-refractivity contribution in [1.82, 2.24) is 18.7 Å². The minimum Gasteiger partial charge on any atom is -0.493 e. The van der Waals surface area contributed by atoms with Gasteiger partial charge in [0.15, 0.2) is 22.7 Å². The second-order valence-electron chi connectivity index (χ2n) is 6.74. The third kappa shape index (κ3) is 3.24. The highest BCUT2D eigenvalue weighted by molar-refractivity contribution is 5.72. The van der Waals surface area contributed by atoms with E-state index in [1.54, 1.807) is 41.0 Å². The first-order chi connectivity index (χ1) is 14.4. The number of methoxy groups -OCH3 is 1. The zero-order chi connectivity index (χ0) is 21.4. The van der Waals surface area contributed by atoms with E-state index in [9.17, 15) is 14.0 Å². The number of imidazole rings is 1. The van der Waals surface area contributed by atoms with Gasteiger partial charge in [-0.3, -0.25) is 18.5 Å². The van der Waals surface area contributed by atoms with Gasteiger partial charge in [0.05, 0.1) is 13.7 Å². The van der Waals surface area contributed by atoms with Crippen molar-refractivity contribution in [2.45, 2.75) is 6.54 Å². The first-order valence-corrected chi connectivity index (χ1v) is 9.12. The van der Waals surface area contributed by atoms with Crippen molar-refractivity contribution in [1.29, 1.82) is 0 Å². The van der Waals surface area contributed by atoms with Gasteiger partial charge in [0.25, 0.3) is 5.56 Å². The number of aromatic nitrogens is 4. The zero-order valence-electron chi connectivity index (χ0n) is 16.6. The second-order valence-corrected chi connectivity index (χ2v) is 6.74. The Morgan fingerprint density at radius 2 is 1.63 bits per heavy atom. The van der Waals surface area contributed by atoms with Crippen LogP contribution < -0.4 is 20.7 Å². The van der Waals surface area contributed by atoms with Gasteiger partial charge in [-0.05, 0) is 29.8 Å². The number of benzene rings is 2. The minimum absolute atomic E-state index is 0.108. The highest BCUT2D eigenvalue weighted by atomic mass is 19.1. The Kier molecular flexibility index (Phi) is 4.86. The molecule has 0 bridgehead atoms. The Morgan fingerprint density at radius 3 is 2.30 bits per heavy atom. The van der Waals surface area contributed by atoms with Crippen LogP contribution in [0.5, 0.6) is 17.5 Å². The maximum Gasteiger partial charge on any atom is 0.332 e. The van der Waals surface area contributed by atoms with Crippen molar-refractivity contribution in [2.75, 3.05) is 7.11 Å². The molecule has 0 saturated carbocycles. The summed E-state index contributed by atoms with van der Waals surface area (Å²) < 4.78 is 28.5. The third-order valence-electron chi connectivity index (χ3n) is 4.84. The molecule has 0 aliphatic heterocycles. The second kappa shape index (κ2) is 7.51. The molecule has 2 aromatic carbocycles. The van der Waals surface area contributed by atoms with E-state index in [0.29, 0.717) is 11.5 Å². The molecule has 8 nitrogen and oxygen atoms in total. The molecule has 0 fully saturated rings. The SMILES string of the molecule is COc1ccccc1Oc1nc2c(c(=O)n(C)c(=O)n2C)n1Cc1ccc(F)cc1. The monoisotopic (exact) mass is 410 g/mol. The van der Waals surface area contributed by atoms with Crippen LogP contribution in [0.1, 0.15) is 5.56 Å². The fourth-order valence-electron chi connectivity index (χ4n) is 3.22. The average Bonchev–Trinajstić information content (AvgIpc) is 3.10. The number of aryl methyl sites for hydroxylation is 1. The molecule has 0 spiro atoms. The summed E-state index contributed by atoms with van der Waals surface area (Å²) in [7, 11) is 4.45. The van der Waals surface area contributed by atoms with E-state index in [0.717, 1.165) is 10.1 Å². The molecule has 2 aromatic heterocycles. The molecule has 9 heteroatoms. The molecule has 0 aliphatic carbocycles. The Balaban J connectivity index is 1.95. The first-order valence-electron chi connectivity index (χ1n) is 9.12. The van der Waals surface area contributed by atoms with Gasteiger partial charge in [0.2, 0.25) is 0 Å². The average molecular weight is 410 g/mol. The molecular formula is C21H19FN4O4. The summed E-state index contributed by atoms with van der Waals surface area (Å²) in [6.07, 6.45) is 0. The number of nitrogens with zero attached hydrogens (tertiary/aromatic N) is 4. The lowest BCUT2D eigenvalue weighted by Gasteiger charge is -2.12. The van der Waals surface area contributed by atoms with Crippen LogP contribution in [0.25, 0.3) is 11.2 Å². The van der Waals surface area contributed by atoms with E-state index in [4.69, 9.17) is 9.47 Å². The van der Waals surface area contributed by atoms with E-state index in [1.807, 2.05) is 0 Å². The molecule has 0 atom stereocenters. The summed E-state index contributed by atoms with van der Waals surface area (Å²) in [5.41, 5.74) is 0.126. The largest absolute Gasteiger partial charge is 0.493 e. The summed E-state index contributed by atoms with van der Waals surface area (Å²) in [6, 6.07) is 13.0. The number of hydrogen-bond donors (Lipinski definition) is 0. The molecule has 4 aromatic rings. The predicted octanol–water partition coefficient (Wildman–Crippen LogP) is 2.42. The number of para-hydroxylation sites is 2. The summed E-state index contributed by atoms with van der Waals surface area (Å²) in [4.78, 5) is 29.7. The van der Waals surface area contributed by atoms with Crippen LogP contribution in [0.4, 0.5) is 4.39 Å². The minimum atomic E-state index is -0.502. The van der Waals surface area contributed by atoms with Crippen molar-refractivity contribution in [3.05, 3.63) is 80.7 Å². The summed E-state index contributed by atoms with van der Waals surface area (Å²) in [6.45, 7) is 0.189. The molecule has 30 heavy (non-hydrogen) atoms. The Hall–Kier alpha value is -3.88. The molecule has 0 amide bonds. The quantitative estimate of drug-likeness (QED) is 0.505. The summed E-state index contributed by atoms with van der Waals surface area (Å²) in [5.74, 6) is 0.523. The lowest BCUT2D eigenvalue weighted by molar-refractivity contribution is 0.361. The normalized spacial score (nSPS) is 11.1. The molecule has 154 valence electrons. The number of ether oxygens (including phenoxy) is 2. The fourth-order valence-corrected chi connectivity index (χ4v) is 3.22. The smallest absolute Gasteiger partial charge is 0.332 e. The van der Waals surface area contributed by atoms with E-state index in [-0.39, 0.29) is 29.5 Å².